The normalized spacial score (nSPS) is 12.9. The van der Waals surface area contributed by atoms with E-state index in [9.17, 15) is 0 Å². The van der Waals surface area contributed by atoms with Gasteiger partial charge in [0.25, 0.3) is 0 Å². The van der Waals surface area contributed by atoms with Gasteiger partial charge in [0, 0.05) is 0 Å². The van der Waals surface area contributed by atoms with Crippen LogP contribution in [0.3, 0.4) is 0 Å². The molecule has 0 fully saturated rings. The number of hydrogen-bond acceptors (Lipinski definition) is 5. The third-order valence-corrected chi connectivity index (χ3v) is 2.91. The van der Waals surface area contributed by atoms with E-state index in [0.29, 0.717) is 5.75 Å². The van der Waals surface area contributed by atoms with E-state index in [1.54, 1.807) is 25.1 Å². The molecule has 14 heavy (non-hydrogen) atoms. The molecule has 0 aliphatic rings. The first-order chi connectivity index (χ1) is 6.59. The van der Waals surface area contributed by atoms with E-state index in [1.807, 2.05) is 6.07 Å². The standard InChI is InChI=1S/C7H10O5P2/c1-6-4-2-3-5-7(6)11-14(10)12-13(8)9/h2-5,8-10H,1H3. The van der Waals surface area contributed by atoms with Gasteiger partial charge in [0.1, 0.15) is 5.75 Å². The van der Waals surface area contributed by atoms with Crippen molar-refractivity contribution in [2.24, 2.45) is 0 Å². The first kappa shape index (κ1) is 11.8. The van der Waals surface area contributed by atoms with Crippen LogP contribution in [0.15, 0.2) is 24.3 Å². The van der Waals surface area contributed by atoms with Gasteiger partial charge in [0.05, 0.1) is 0 Å². The topological polar surface area (TPSA) is 79.2 Å². The van der Waals surface area contributed by atoms with E-state index >= 15 is 0 Å². The van der Waals surface area contributed by atoms with Crippen molar-refractivity contribution in [1.29, 1.82) is 0 Å². The van der Waals surface area contributed by atoms with Crippen LogP contribution in [0, 0.1) is 6.92 Å². The van der Waals surface area contributed by atoms with Gasteiger partial charge in [-0.1, -0.05) is 18.2 Å². The van der Waals surface area contributed by atoms with Crippen molar-refractivity contribution in [3.05, 3.63) is 29.8 Å². The van der Waals surface area contributed by atoms with Crippen molar-refractivity contribution >= 4 is 17.2 Å². The highest BCUT2D eigenvalue weighted by Crippen LogP contribution is 2.46. The maximum absolute atomic E-state index is 9.11. The molecule has 0 amide bonds. The molecule has 0 bridgehead atoms. The van der Waals surface area contributed by atoms with E-state index in [-0.39, 0.29) is 0 Å². The summed E-state index contributed by atoms with van der Waals surface area (Å²) in [5, 5.41) is 0. The Bertz CT molecular complexity index is 293. The van der Waals surface area contributed by atoms with E-state index in [1.165, 1.54) is 0 Å². The average Bonchev–Trinajstić information content (AvgIpc) is 2.07. The Morgan fingerprint density at radius 3 is 2.36 bits per heavy atom. The quantitative estimate of drug-likeness (QED) is 0.695. The molecule has 1 rings (SSSR count). The molecule has 0 aliphatic carbocycles. The minimum absolute atomic E-state index is 0.456. The minimum Gasteiger partial charge on any atom is -0.426 e. The first-order valence-corrected chi connectivity index (χ1v) is 5.97. The zero-order valence-electron chi connectivity index (χ0n) is 7.36. The zero-order chi connectivity index (χ0) is 10.6. The number of hydrogen-bond donors (Lipinski definition) is 3. The second-order valence-electron chi connectivity index (χ2n) is 2.43. The summed E-state index contributed by atoms with van der Waals surface area (Å²) >= 11 is 0. The summed E-state index contributed by atoms with van der Waals surface area (Å²) in [5.41, 5.74) is 0.831. The van der Waals surface area contributed by atoms with Crippen LogP contribution in [0.2, 0.25) is 0 Å². The molecule has 3 N–H and O–H groups in total. The summed E-state index contributed by atoms with van der Waals surface area (Å²) in [5.74, 6) is 0.456. The fourth-order valence-electron chi connectivity index (χ4n) is 0.822. The van der Waals surface area contributed by atoms with Crippen LogP contribution in [-0.2, 0) is 4.31 Å². The summed E-state index contributed by atoms with van der Waals surface area (Å²) in [4.78, 5) is 26.0. The lowest BCUT2D eigenvalue weighted by Gasteiger charge is -2.12. The molecule has 0 saturated carbocycles. The predicted octanol–water partition coefficient (Wildman–Crippen LogP) is 1.82. The van der Waals surface area contributed by atoms with Gasteiger partial charge < -0.3 is 19.2 Å². The highest BCUT2D eigenvalue weighted by molar-refractivity contribution is 7.54. The second kappa shape index (κ2) is 5.56. The maximum Gasteiger partial charge on any atom is 0.401 e. The average molecular weight is 236 g/mol. The van der Waals surface area contributed by atoms with Gasteiger partial charge in [-0.25, -0.2) is 4.31 Å². The van der Waals surface area contributed by atoms with Crippen LogP contribution < -0.4 is 4.52 Å². The summed E-state index contributed by atoms with van der Waals surface area (Å²) in [6.07, 6.45) is 0. The fourth-order valence-corrected chi connectivity index (χ4v) is 1.83. The first-order valence-electron chi connectivity index (χ1n) is 3.68. The van der Waals surface area contributed by atoms with Gasteiger partial charge in [-0.05, 0) is 18.6 Å². The molecule has 1 aromatic rings. The SMILES string of the molecule is Cc1ccccc1OP(O)OP(O)O. The van der Waals surface area contributed by atoms with Gasteiger partial charge >= 0.3 is 17.2 Å². The number of rotatable bonds is 4. The monoisotopic (exact) mass is 236 g/mol. The highest BCUT2D eigenvalue weighted by Gasteiger charge is 2.15. The summed E-state index contributed by atoms with van der Waals surface area (Å²) < 4.78 is 9.23. The van der Waals surface area contributed by atoms with Gasteiger partial charge in [-0.15, -0.1) is 0 Å². The second-order valence-corrected chi connectivity index (χ2v) is 4.25. The molecule has 0 heterocycles. The maximum atomic E-state index is 9.11. The van der Waals surface area contributed by atoms with Crippen molar-refractivity contribution in [3.8, 4) is 5.75 Å². The zero-order valence-corrected chi connectivity index (χ0v) is 9.15. The Balaban J connectivity index is 2.56. The van der Waals surface area contributed by atoms with Crippen LogP contribution >= 0.6 is 17.2 Å². The lowest BCUT2D eigenvalue weighted by molar-refractivity contribution is 0.328. The third kappa shape index (κ3) is 3.84. The van der Waals surface area contributed by atoms with Crippen LogP contribution in [0.25, 0.3) is 0 Å². The summed E-state index contributed by atoms with van der Waals surface area (Å²) in [6.45, 7) is 1.80. The molecule has 78 valence electrons. The highest BCUT2D eigenvalue weighted by atomic mass is 31.2. The Kier molecular flexibility index (Phi) is 4.69. The van der Waals surface area contributed by atoms with Crippen LogP contribution in [0.1, 0.15) is 5.56 Å². The largest absolute Gasteiger partial charge is 0.426 e. The smallest absolute Gasteiger partial charge is 0.401 e. The van der Waals surface area contributed by atoms with Gasteiger partial charge in [-0.2, -0.15) is 0 Å². The lowest BCUT2D eigenvalue weighted by Crippen LogP contribution is -1.90. The van der Waals surface area contributed by atoms with Crippen molar-refractivity contribution in [3.63, 3.8) is 0 Å². The van der Waals surface area contributed by atoms with Gasteiger partial charge in [-0.3, -0.25) is 0 Å². The lowest BCUT2D eigenvalue weighted by atomic mass is 10.2. The Morgan fingerprint density at radius 1 is 1.14 bits per heavy atom. The van der Waals surface area contributed by atoms with Gasteiger partial charge in [0.2, 0.25) is 0 Å². The van der Waals surface area contributed by atoms with Crippen LogP contribution in [0.4, 0.5) is 0 Å². The van der Waals surface area contributed by atoms with Crippen molar-refractivity contribution in [2.45, 2.75) is 6.92 Å². The molecule has 0 aliphatic heterocycles. The number of aryl methyl sites for hydroxylation is 1. The molecule has 0 saturated heterocycles. The number of para-hydroxylation sites is 1. The van der Waals surface area contributed by atoms with E-state index in [4.69, 9.17) is 19.2 Å². The summed E-state index contributed by atoms with van der Waals surface area (Å²) in [6, 6.07) is 7.03. The van der Waals surface area contributed by atoms with Crippen LogP contribution in [-0.4, -0.2) is 14.7 Å². The molecule has 0 spiro atoms. The van der Waals surface area contributed by atoms with Crippen molar-refractivity contribution < 1.29 is 23.5 Å². The molecule has 1 unspecified atom stereocenters. The number of benzene rings is 1. The molecule has 0 radical (unpaired) electrons. The van der Waals surface area contributed by atoms with Crippen LogP contribution in [0.5, 0.6) is 5.75 Å². The summed E-state index contributed by atoms with van der Waals surface area (Å²) in [7, 11) is -4.88. The Morgan fingerprint density at radius 2 is 1.79 bits per heavy atom. The van der Waals surface area contributed by atoms with E-state index in [0.717, 1.165) is 5.56 Å². The van der Waals surface area contributed by atoms with E-state index in [2.05, 4.69) is 4.31 Å². The predicted molar refractivity (Wildman–Crippen MR) is 53.4 cm³/mol. The molecular formula is C7H10O5P2. The molecule has 0 aromatic heterocycles. The third-order valence-electron chi connectivity index (χ3n) is 1.41. The Hall–Kier alpha value is -0.280. The molecule has 7 heteroatoms. The van der Waals surface area contributed by atoms with E-state index < -0.39 is 17.2 Å². The Labute approximate surface area is 83.9 Å². The molecule has 5 nitrogen and oxygen atoms in total. The molecular weight excluding hydrogens is 226 g/mol. The minimum atomic E-state index is -2.59. The molecule has 1 aromatic carbocycles. The molecule has 1 atom stereocenters. The van der Waals surface area contributed by atoms with Crippen molar-refractivity contribution in [1.82, 2.24) is 0 Å². The van der Waals surface area contributed by atoms with Crippen molar-refractivity contribution in [2.75, 3.05) is 0 Å². The van der Waals surface area contributed by atoms with Gasteiger partial charge in [0.15, 0.2) is 0 Å². The fraction of sp³-hybridized carbons (Fsp3) is 0.143.